The molecule has 84 valence electrons. The van der Waals surface area contributed by atoms with E-state index >= 15 is 0 Å². The zero-order valence-corrected chi connectivity index (χ0v) is 9.87. The smallest absolute Gasteiger partial charge is 0.371 e. The van der Waals surface area contributed by atoms with Crippen molar-refractivity contribution >= 4 is 23.6 Å². The van der Waals surface area contributed by atoms with E-state index in [1.165, 1.54) is 6.07 Å². The Morgan fingerprint density at radius 2 is 2.33 bits per heavy atom. The van der Waals surface area contributed by atoms with Crippen molar-refractivity contribution in [3.63, 3.8) is 0 Å². The van der Waals surface area contributed by atoms with Gasteiger partial charge in [-0.25, -0.2) is 4.79 Å². The van der Waals surface area contributed by atoms with Gasteiger partial charge in [0.15, 0.2) is 5.88 Å². The predicted octanol–water partition coefficient (Wildman–Crippen LogP) is 2.17. The maximum absolute atomic E-state index is 10.6. The number of hydrogen-bond acceptors (Lipinski definition) is 4. The summed E-state index contributed by atoms with van der Waals surface area (Å²) in [5.41, 5.74) is 0. The highest BCUT2D eigenvalue weighted by Crippen LogP contribution is 2.20. The average Bonchev–Trinajstić information content (AvgIpc) is 2.65. The topological polar surface area (TPSA) is 53.7 Å². The first kappa shape index (κ1) is 12.0. The predicted molar refractivity (Wildman–Crippen MR) is 61.9 cm³/mol. The molecule has 0 bridgehead atoms. The molecule has 1 heterocycles. The van der Waals surface area contributed by atoms with Gasteiger partial charge in [-0.05, 0) is 19.2 Å². The summed E-state index contributed by atoms with van der Waals surface area (Å²) in [6.07, 6.45) is 2.04. The Hall–Kier alpha value is -1.10. The van der Waals surface area contributed by atoms with E-state index in [2.05, 4.69) is 6.92 Å². The Morgan fingerprint density at radius 3 is 2.80 bits per heavy atom. The fourth-order valence-corrected chi connectivity index (χ4v) is 1.91. The van der Waals surface area contributed by atoms with E-state index in [1.54, 1.807) is 17.8 Å². The Bertz CT molecular complexity index is 337. The number of nitrogens with zero attached hydrogens (tertiary/aromatic N) is 1. The molecule has 1 aromatic heterocycles. The van der Waals surface area contributed by atoms with Gasteiger partial charge in [0.1, 0.15) is 0 Å². The molecule has 4 nitrogen and oxygen atoms in total. The van der Waals surface area contributed by atoms with Crippen molar-refractivity contribution in [2.45, 2.75) is 13.0 Å². The highest BCUT2D eigenvalue weighted by atomic mass is 32.2. The van der Waals surface area contributed by atoms with E-state index in [0.717, 1.165) is 5.75 Å². The monoisotopic (exact) mass is 229 g/mol. The van der Waals surface area contributed by atoms with E-state index in [9.17, 15) is 4.79 Å². The molecule has 0 aliphatic rings. The van der Waals surface area contributed by atoms with Crippen LogP contribution in [0.2, 0.25) is 0 Å². The van der Waals surface area contributed by atoms with Crippen molar-refractivity contribution in [3.8, 4) is 0 Å². The highest BCUT2D eigenvalue weighted by Gasteiger charge is 2.15. The average molecular weight is 229 g/mol. The summed E-state index contributed by atoms with van der Waals surface area (Å²) in [5.74, 6) is 0.508. The van der Waals surface area contributed by atoms with Crippen LogP contribution < -0.4 is 4.90 Å². The van der Waals surface area contributed by atoms with Gasteiger partial charge in [-0.2, -0.15) is 11.8 Å². The van der Waals surface area contributed by atoms with Crippen LogP contribution in [0.1, 0.15) is 17.5 Å². The van der Waals surface area contributed by atoms with Crippen LogP contribution in [0.4, 0.5) is 5.88 Å². The molecule has 1 unspecified atom stereocenters. The second kappa shape index (κ2) is 5.11. The number of thioether (sulfide) groups is 1. The SMILES string of the molecule is CSCC(C)N(C)c1ccc(C(=O)O)o1. The first-order chi connectivity index (χ1) is 7.06. The van der Waals surface area contributed by atoms with Gasteiger partial charge >= 0.3 is 5.97 Å². The van der Waals surface area contributed by atoms with Crippen LogP contribution in [0, 0.1) is 0 Å². The summed E-state index contributed by atoms with van der Waals surface area (Å²) < 4.78 is 5.19. The lowest BCUT2D eigenvalue weighted by molar-refractivity contribution is 0.0663. The summed E-state index contributed by atoms with van der Waals surface area (Å²) in [6.45, 7) is 2.07. The van der Waals surface area contributed by atoms with Crippen LogP contribution in [0.5, 0.6) is 0 Å². The molecular weight excluding hydrogens is 214 g/mol. The van der Waals surface area contributed by atoms with Gasteiger partial charge in [0.2, 0.25) is 5.76 Å². The largest absolute Gasteiger partial charge is 0.475 e. The van der Waals surface area contributed by atoms with E-state index in [0.29, 0.717) is 11.9 Å². The number of rotatable bonds is 5. The zero-order valence-electron chi connectivity index (χ0n) is 9.06. The highest BCUT2D eigenvalue weighted by molar-refractivity contribution is 7.98. The van der Waals surface area contributed by atoms with E-state index in [4.69, 9.17) is 9.52 Å². The van der Waals surface area contributed by atoms with E-state index in [-0.39, 0.29) is 5.76 Å². The van der Waals surface area contributed by atoms with Crippen molar-refractivity contribution in [2.75, 3.05) is 24.0 Å². The molecule has 5 heteroatoms. The van der Waals surface area contributed by atoms with Gasteiger partial charge in [0.05, 0.1) is 0 Å². The Labute approximate surface area is 93.3 Å². The number of aromatic carboxylic acids is 1. The minimum Gasteiger partial charge on any atom is -0.475 e. The van der Waals surface area contributed by atoms with Crippen LogP contribution in [-0.4, -0.2) is 36.2 Å². The van der Waals surface area contributed by atoms with Crippen molar-refractivity contribution in [1.29, 1.82) is 0 Å². The third kappa shape index (κ3) is 2.92. The summed E-state index contributed by atoms with van der Waals surface area (Å²) in [7, 11) is 1.89. The Balaban J connectivity index is 2.73. The number of carboxylic acids is 1. The van der Waals surface area contributed by atoms with Crippen LogP contribution in [0.25, 0.3) is 0 Å². The summed E-state index contributed by atoms with van der Waals surface area (Å²) >= 11 is 1.75. The fourth-order valence-electron chi connectivity index (χ4n) is 1.20. The third-order valence-electron chi connectivity index (χ3n) is 2.22. The fraction of sp³-hybridized carbons (Fsp3) is 0.500. The van der Waals surface area contributed by atoms with Gasteiger partial charge in [0, 0.05) is 24.9 Å². The lowest BCUT2D eigenvalue weighted by Gasteiger charge is -2.23. The molecule has 1 aromatic rings. The number of carboxylic acid groups (broad SMARTS) is 1. The molecule has 0 spiro atoms. The van der Waals surface area contributed by atoms with Crippen molar-refractivity contribution in [2.24, 2.45) is 0 Å². The van der Waals surface area contributed by atoms with Crippen LogP contribution >= 0.6 is 11.8 Å². The molecular formula is C10H15NO3S. The first-order valence-electron chi connectivity index (χ1n) is 4.61. The van der Waals surface area contributed by atoms with Crippen molar-refractivity contribution in [3.05, 3.63) is 17.9 Å². The molecule has 0 aromatic carbocycles. The summed E-state index contributed by atoms with van der Waals surface area (Å²) in [6, 6.07) is 3.47. The molecule has 0 fully saturated rings. The van der Waals surface area contributed by atoms with E-state index < -0.39 is 5.97 Å². The van der Waals surface area contributed by atoms with Crippen LogP contribution in [0.3, 0.4) is 0 Å². The maximum Gasteiger partial charge on any atom is 0.371 e. The minimum atomic E-state index is -1.04. The van der Waals surface area contributed by atoms with Crippen molar-refractivity contribution < 1.29 is 14.3 Å². The second-order valence-electron chi connectivity index (χ2n) is 3.36. The van der Waals surface area contributed by atoms with Crippen molar-refractivity contribution in [1.82, 2.24) is 0 Å². The molecule has 1 N–H and O–H groups in total. The lowest BCUT2D eigenvalue weighted by Crippen LogP contribution is -2.30. The third-order valence-corrected chi connectivity index (χ3v) is 3.03. The van der Waals surface area contributed by atoms with Gasteiger partial charge in [-0.1, -0.05) is 0 Å². The second-order valence-corrected chi connectivity index (χ2v) is 4.27. The first-order valence-corrected chi connectivity index (χ1v) is 6.00. The molecule has 0 saturated heterocycles. The number of hydrogen-bond donors (Lipinski definition) is 1. The van der Waals surface area contributed by atoms with Gasteiger partial charge in [-0.3, -0.25) is 0 Å². The molecule has 1 rings (SSSR count). The van der Waals surface area contributed by atoms with Crippen LogP contribution in [-0.2, 0) is 0 Å². The molecule has 0 radical (unpaired) electrons. The molecule has 15 heavy (non-hydrogen) atoms. The van der Waals surface area contributed by atoms with Gasteiger partial charge < -0.3 is 14.4 Å². The molecule has 0 amide bonds. The minimum absolute atomic E-state index is 0.0202. The number of anilines is 1. The standard InChI is InChI=1S/C10H15NO3S/c1-7(6-15-3)11(2)9-5-4-8(14-9)10(12)13/h4-5,7H,6H2,1-3H3,(H,12,13). The maximum atomic E-state index is 10.6. The van der Waals surface area contributed by atoms with Gasteiger partial charge in [-0.15, -0.1) is 0 Å². The lowest BCUT2D eigenvalue weighted by atomic mass is 10.3. The Kier molecular flexibility index (Phi) is 4.08. The van der Waals surface area contributed by atoms with Crippen LogP contribution in [0.15, 0.2) is 16.5 Å². The molecule has 0 saturated carbocycles. The van der Waals surface area contributed by atoms with E-state index in [1.807, 2.05) is 18.2 Å². The molecule has 1 atom stereocenters. The number of carbonyl (C=O) groups is 1. The molecule has 0 aliphatic heterocycles. The zero-order chi connectivity index (χ0) is 11.4. The summed E-state index contributed by atoms with van der Waals surface area (Å²) in [4.78, 5) is 12.5. The van der Waals surface area contributed by atoms with Gasteiger partial charge in [0.25, 0.3) is 0 Å². The summed E-state index contributed by atoms with van der Waals surface area (Å²) in [5, 5.41) is 8.71. The molecule has 0 aliphatic carbocycles. The Morgan fingerprint density at radius 1 is 1.67 bits per heavy atom. The quantitative estimate of drug-likeness (QED) is 0.838. The normalized spacial score (nSPS) is 12.5. The number of furan rings is 1.